The molecular weight excluding hydrogens is 258 g/mol. The Hall–Kier alpha value is -0.870. The fourth-order valence-corrected chi connectivity index (χ4v) is 4.44. The molecule has 1 aromatic carbocycles. The van der Waals surface area contributed by atoms with Crippen LogP contribution in [-0.2, 0) is 9.84 Å². The number of fused-ring (bicyclic) bond motifs is 1. The molecule has 4 heteroatoms. The Balaban J connectivity index is 2.61. The van der Waals surface area contributed by atoms with Gasteiger partial charge in [-0.25, -0.2) is 8.42 Å². The van der Waals surface area contributed by atoms with E-state index < -0.39 is 9.84 Å². The number of benzene rings is 1. The van der Waals surface area contributed by atoms with E-state index in [1.165, 1.54) is 0 Å². The summed E-state index contributed by atoms with van der Waals surface area (Å²) in [5, 5.41) is 3.17. The highest BCUT2D eigenvalue weighted by Crippen LogP contribution is 2.37. The van der Waals surface area contributed by atoms with Crippen LogP contribution in [0.2, 0.25) is 0 Å². The van der Waals surface area contributed by atoms with E-state index in [-0.39, 0.29) is 11.3 Å². The van der Waals surface area contributed by atoms with Crippen molar-refractivity contribution in [3.8, 4) is 0 Å². The first-order chi connectivity index (χ1) is 8.73. The third-order valence-corrected chi connectivity index (χ3v) is 6.16. The summed E-state index contributed by atoms with van der Waals surface area (Å²) >= 11 is 0. The highest BCUT2D eigenvalue weighted by atomic mass is 32.2. The van der Waals surface area contributed by atoms with Crippen molar-refractivity contribution < 1.29 is 8.42 Å². The van der Waals surface area contributed by atoms with Crippen molar-refractivity contribution in [2.75, 3.05) is 0 Å². The van der Waals surface area contributed by atoms with E-state index in [1.807, 2.05) is 32.9 Å². The normalized spacial score (nSPS) is 25.4. The monoisotopic (exact) mass is 281 g/mol. The zero-order chi connectivity index (χ0) is 14.4. The quantitative estimate of drug-likeness (QED) is 0.906. The smallest absolute Gasteiger partial charge is 0.181 e. The second-order valence-corrected chi connectivity index (χ2v) is 8.27. The predicted molar refractivity (Wildman–Crippen MR) is 78.2 cm³/mol. The summed E-state index contributed by atoms with van der Waals surface area (Å²) in [5.74, 6) is 0. The van der Waals surface area contributed by atoms with Crippen LogP contribution in [0.3, 0.4) is 0 Å². The van der Waals surface area contributed by atoms with Gasteiger partial charge in [-0.1, -0.05) is 19.9 Å². The molecule has 2 rings (SSSR count). The summed E-state index contributed by atoms with van der Waals surface area (Å²) in [6.45, 7) is 9.99. The van der Waals surface area contributed by atoms with Crippen LogP contribution < -0.4 is 5.32 Å². The third-order valence-electron chi connectivity index (χ3n) is 3.94. The topological polar surface area (TPSA) is 46.2 Å². The zero-order valence-electron chi connectivity index (χ0n) is 12.3. The molecule has 19 heavy (non-hydrogen) atoms. The van der Waals surface area contributed by atoms with Gasteiger partial charge in [-0.3, -0.25) is 0 Å². The van der Waals surface area contributed by atoms with Crippen LogP contribution in [0, 0.1) is 13.8 Å². The van der Waals surface area contributed by atoms with Crippen LogP contribution >= 0.6 is 0 Å². The summed E-state index contributed by atoms with van der Waals surface area (Å²) in [6, 6.07) is 4.35. The van der Waals surface area contributed by atoms with Crippen LogP contribution in [0.15, 0.2) is 17.0 Å². The average Bonchev–Trinajstić information content (AvgIpc) is 2.28. The molecule has 1 aliphatic rings. The Morgan fingerprint density at radius 1 is 1.21 bits per heavy atom. The van der Waals surface area contributed by atoms with Gasteiger partial charge in [0.05, 0.1) is 10.1 Å². The molecule has 0 spiro atoms. The molecule has 0 saturated heterocycles. The molecule has 1 N–H and O–H groups in total. The van der Waals surface area contributed by atoms with Gasteiger partial charge >= 0.3 is 0 Å². The maximum Gasteiger partial charge on any atom is 0.181 e. The molecule has 106 valence electrons. The van der Waals surface area contributed by atoms with Crippen LogP contribution in [-0.4, -0.2) is 19.7 Å². The Kier molecular flexibility index (Phi) is 3.76. The van der Waals surface area contributed by atoms with Crippen LogP contribution in [0.5, 0.6) is 0 Å². The van der Waals surface area contributed by atoms with Crippen molar-refractivity contribution in [2.45, 2.75) is 63.3 Å². The minimum Gasteiger partial charge on any atom is -0.308 e. The lowest BCUT2D eigenvalue weighted by atomic mass is 9.96. The fraction of sp³-hybridized carbons (Fsp3) is 0.600. The number of aryl methyl sites for hydroxylation is 2. The molecule has 0 bridgehead atoms. The molecular formula is C15H23NO2S. The first-order valence-corrected chi connectivity index (χ1v) is 8.39. The number of nitrogens with one attached hydrogen (secondary N) is 1. The lowest BCUT2D eigenvalue weighted by Gasteiger charge is -2.32. The molecule has 2 unspecified atom stereocenters. The molecule has 1 aliphatic heterocycles. The number of hydrogen-bond donors (Lipinski definition) is 1. The van der Waals surface area contributed by atoms with Gasteiger partial charge in [0.1, 0.15) is 0 Å². The molecule has 3 nitrogen and oxygen atoms in total. The van der Waals surface area contributed by atoms with Gasteiger partial charge in [0.25, 0.3) is 0 Å². The van der Waals surface area contributed by atoms with Gasteiger partial charge in [-0.15, -0.1) is 0 Å². The van der Waals surface area contributed by atoms with Gasteiger partial charge in [-0.2, -0.15) is 0 Å². The number of hydrogen-bond acceptors (Lipinski definition) is 3. The second-order valence-electron chi connectivity index (χ2n) is 5.94. The van der Waals surface area contributed by atoms with E-state index in [9.17, 15) is 8.42 Å². The molecule has 0 aliphatic carbocycles. The number of sulfone groups is 1. The lowest BCUT2D eigenvalue weighted by molar-refractivity contribution is 0.428. The molecule has 0 radical (unpaired) electrons. The van der Waals surface area contributed by atoms with Crippen molar-refractivity contribution in [1.82, 2.24) is 5.32 Å². The molecule has 0 saturated carbocycles. The Labute approximate surface area is 116 Å². The molecule has 1 heterocycles. The van der Waals surface area contributed by atoms with Crippen LogP contribution in [0.25, 0.3) is 0 Å². The van der Waals surface area contributed by atoms with Gasteiger partial charge < -0.3 is 5.32 Å². The maximum atomic E-state index is 12.5. The number of rotatable bonds is 2. The van der Waals surface area contributed by atoms with E-state index >= 15 is 0 Å². The summed E-state index contributed by atoms with van der Waals surface area (Å²) in [6.07, 6.45) is 0.649. The summed E-state index contributed by atoms with van der Waals surface area (Å²) in [5.41, 5.74) is 3.13. The van der Waals surface area contributed by atoms with E-state index in [0.29, 0.717) is 17.4 Å². The Morgan fingerprint density at radius 3 is 2.37 bits per heavy atom. The van der Waals surface area contributed by atoms with Crippen molar-refractivity contribution in [3.05, 3.63) is 28.8 Å². The largest absolute Gasteiger partial charge is 0.308 e. The van der Waals surface area contributed by atoms with Crippen LogP contribution in [0.4, 0.5) is 0 Å². The maximum absolute atomic E-state index is 12.5. The fourth-order valence-electron chi connectivity index (χ4n) is 2.69. The highest BCUT2D eigenvalue weighted by Gasteiger charge is 2.36. The van der Waals surface area contributed by atoms with E-state index in [0.717, 1.165) is 16.7 Å². The predicted octanol–water partition coefficient (Wildman–Crippen LogP) is 2.91. The molecule has 0 amide bonds. The minimum absolute atomic E-state index is 0.132. The second kappa shape index (κ2) is 4.91. The van der Waals surface area contributed by atoms with Crippen LogP contribution in [0.1, 0.15) is 49.9 Å². The SMILES string of the molecule is Cc1cc2c(cc1C)S(=O)(=O)C(C)CC2NC(C)C. The first-order valence-electron chi connectivity index (χ1n) is 6.84. The van der Waals surface area contributed by atoms with Crippen molar-refractivity contribution in [1.29, 1.82) is 0 Å². The van der Waals surface area contributed by atoms with Crippen molar-refractivity contribution >= 4 is 9.84 Å². The van der Waals surface area contributed by atoms with Gasteiger partial charge in [-0.05, 0) is 49.9 Å². The average molecular weight is 281 g/mol. The third kappa shape index (κ3) is 2.56. The van der Waals surface area contributed by atoms with Crippen molar-refractivity contribution in [2.24, 2.45) is 0 Å². The highest BCUT2D eigenvalue weighted by molar-refractivity contribution is 7.92. The molecule has 0 fully saturated rings. The van der Waals surface area contributed by atoms with E-state index in [1.54, 1.807) is 0 Å². The molecule has 1 aromatic rings. The Morgan fingerprint density at radius 2 is 1.79 bits per heavy atom. The van der Waals surface area contributed by atoms with E-state index in [4.69, 9.17) is 0 Å². The summed E-state index contributed by atoms with van der Waals surface area (Å²) in [7, 11) is -3.17. The van der Waals surface area contributed by atoms with Gasteiger partial charge in [0.15, 0.2) is 9.84 Å². The summed E-state index contributed by atoms with van der Waals surface area (Å²) < 4.78 is 24.9. The zero-order valence-corrected chi connectivity index (χ0v) is 13.1. The lowest BCUT2D eigenvalue weighted by Crippen LogP contribution is -2.37. The van der Waals surface area contributed by atoms with Gasteiger partial charge in [0.2, 0.25) is 0 Å². The van der Waals surface area contributed by atoms with Crippen molar-refractivity contribution in [3.63, 3.8) is 0 Å². The standard InChI is InChI=1S/C15H23NO2S/c1-9(2)16-14-8-12(5)19(17,18)15-7-11(4)10(3)6-13(14)15/h6-7,9,12,14,16H,8H2,1-5H3. The first kappa shape index (κ1) is 14.5. The summed E-state index contributed by atoms with van der Waals surface area (Å²) in [4.78, 5) is 0.521. The van der Waals surface area contributed by atoms with Gasteiger partial charge in [0, 0.05) is 12.1 Å². The Bertz CT molecular complexity index is 590. The molecule has 2 atom stereocenters. The van der Waals surface area contributed by atoms with E-state index in [2.05, 4.69) is 19.2 Å². The molecule has 0 aromatic heterocycles. The minimum atomic E-state index is -3.17.